The highest BCUT2D eigenvalue weighted by molar-refractivity contribution is 8.00. The van der Waals surface area contributed by atoms with Crippen LogP contribution in [0.15, 0.2) is 48.5 Å². The maximum atomic E-state index is 13.6. The summed E-state index contributed by atoms with van der Waals surface area (Å²) in [5.74, 6) is -0.265. The lowest BCUT2D eigenvalue weighted by molar-refractivity contribution is -0.137. The molecular weight excluding hydrogens is 432 g/mol. The first-order valence-electron chi connectivity index (χ1n) is 9.88. The number of piperidine rings is 1. The molecule has 2 aliphatic rings. The van der Waals surface area contributed by atoms with E-state index >= 15 is 0 Å². The van der Waals surface area contributed by atoms with Crippen molar-refractivity contribution in [3.63, 3.8) is 0 Å². The van der Waals surface area contributed by atoms with Gasteiger partial charge in [0, 0.05) is 36.5 Å². The number of benzene rings is 2. The molecule has 2 fully saturated rings. The number of rotatable bonds is 2. The number of carbonyl (C=O) groups is 2. The number of likely N-dealkylation sites (tertiary alicyclic amines) is 1. The van der Waals surface area contributed by atoms with E-state index in [0.717, 1.165) is 17.9 Å². The van der Waals surface area contributed by atoms with Gasteiger partial charge in [0.2, 0.25) is 0 Å². The highest BCUT2D eigenvalue weighted by Crippen LogP contribution is 2.44. The highest BCUT2D eigenvalue weighted by Gasteiger charge is 2.47. The molecule has 4 rings (SSSR count). The van der Waals surface area contributed by atoms with Gasteiger partial charge >= 0.3 is 6.18 Å². The molecular formula is C22H20F4N2O2S. The van der Waals surface area contributed by atoms with Crippen LogP contribution in [0.1, 0.15) is 39.1 Å². The normalized spacial score (nSPS) is 18.5. The van der Waals surface area contributed by atoms with E-state index < -0.39 is 22.4 Å². The van der Waals surface area contributed by atoms with Crippen molar-refractivity contribution in [1.29, 1.82) is 0 Å². The Hall–Kier alpha value is -2.55. The minimum Gasteiger partial charge on any atom is -0.338 e. The molecule has 31 heavy (non-hydrogen) atoms. The predicted molar refractivity (Wildman–Crippen MR) is 109 cm³/mol. The van der Waals surface area contributed by atoms with Crippen molar-refractivity contribution in [2.24, 2.45) is 0 Å². The first-order valence-corrected chi connectivity index (χ1v) is 10.9. The zero-order valence-electron chi connectivity index (χ0n) is 16.5. The summed E-state index contributed by atoms with van der Waals surface area (Å²) >= 11 is 1.66. The molecule has 0 radical (unpaired) electrons. The molecule has 2 aromatic rings. The molecule has 0 atom stereocenters. The molecule has 9 heteroatoms. The van der Waals surface area contributed by atoms with E-state index in [1.807, 2.05) is 0 Å². The molecule has 2 heterocycles. The second-order valence-corrected chi connectivity index (χ2v) is 9.09. The summed E-state index contributed by atoms with van der Waals surface area (Å²) in [6, 6.07) is 9.81. The van der Waals surface area contributed by atoms with Crippen molar-refractivity contribution in [3.05, 3.63) is 71.0 Å². The van der Waals surface area contributed by atoms with Crippen LogP contribution in [0.4, 0.5) is 17.6 Å². The maximum Gasteiger partial charge on any atom is 0.416 e. The maximum absolute atomic E-state index is 13.6. The summed E-state index contributed by atoms with van der Waals surface area (Å²) in [5, 5.41) is 0. The van der Waals surface area contributed by atoms with Crippen LogP contribution in [-0.2, 0) is 6.18 Å². The molecule has 2 aromatic carbocycles. The number of nitrogens with zero attached hydrogens (tertiary/aromatic N) is 2. The van der Waals surface area contributed by atoms with E-state index in [-0.39, 0.29) is 17.4 Å². The zero-order chi connectivity index (χ0) is 22.2. The third kappa shape index (κ3) is 4.28. The van der Waals surface area contributed by atoms with E-state index in [2.05, 4.69) is 0 Å². The van der Waals surface area contributed by atoms with Crippen molar-refractivity contribution in [3.8, 4) is 0 Å². The second kappa shape index (κ2) is 8.18. The molecule has 0 bridgehead atoms. The molecule has 164 valence electrons. The summed E-state index contributed by atoms with van der Waals surface area (Å²) < 4.78 is 51.8. The van der Waals surface area contributed by atoms with Gasteiger partial charge in [-0.15, -0.1) is 11.8 Å². The zero-order valence-corrected chi connectivity index (χ0v) is 17.3. The second-order valence-electron chi connectivity index (χ2n) is 7.63. The Morgan fingerprint density at radius 3 is 2.19 bits per heavy atom. The fraction of sp³-hybridized carbons (Fsp3) is 0.364. The summed E-state index contributed by atoms with van der Waals surface area (Å²) in [7, 11) is 0. The van der Waals surface area contributed by atoms with Crippen LogP contribution in [-0.4, -0.2) is 51.9 Å². The van der Waals surface area contributed by atoms with Crippen molar-refractivity contribution >= 4 is 23.6 Å². The first-order chi connectivity index (χ1) is 14.7. The summed E-state index contributed by atoms with van der Waals surface area (Å²) in [6.45, 7) is 1.33. The van der Waals surface area contributed by atoms with Gasteiger partial charge in [0.15, 0.2) is 0 Å². The molecule has 2 saturated heterocycles. The molecule has 1 spiro atoms. The minimum atomic E-state index is -4.45. The molecule has 0 saturated carbocycles. The topological polar surface area (TPSA) is 40.6 Å². The number of hydrogen-bond donors (Lipinski definition) is 0. The van der Waals surface area contributed by atoms with Crippen LogP contribution in [0.2, 0.25) is 0 Å². The molecule has 4 nitrogen and oxygen atoms in total. The number of amides is 2. The Balaban J connectivity index is 1.44. The summed E-state index contributed by atoms with van der Waals surface area (Å²) in [4.78, 5) is 28.7. The van der Waals surface area contributed by atoms with Crippen LogP contribution >= 0.6 is 11.8 Å². The SMILES string of the molecule is O=C(c1ccc(C(F)(F)F)cc1)N1CCC2(CC1)SCCN2C(=O)c1cccc(F)c1. The fourth-order valence-electron chi connectivity index (χ4n) is 4.13. The number of alkyl halides is 3. The molecule has 2 amide bonds. The van der Waals surface area contributed by atoms with Gasteiger partial charge in [-0.05, 0) is 55.3 Å². The lowest BCUT2D eigenvalue weighted by Crippen LogP contribution is -2.53. The highest BCUT2D eigenvalue weighted by atomic mass is 32.2. The molecule has 0 N–H and O–H groups in total. The first kappa shape index (κ1) is 21.7. The van der Waals surface area contributed by atoms with E-state index in [1.165, 1.54) is 30.3 Å². The van der Waals surface area contributed by atoms with Crippen LogP contribution < -0.4 is 0 Å². The van der Waals surface area contributed by atoms with Gasteiger partial charge in [-0.25, -0.2) is 4.39 Å². The molecule has 0 aliphatic carbocycles. The minimum absolute atomic E-state index is 0.204. The van der Waals surface area contributed by atoms with Gasteiger partial charge in [-0.1, -0.05) is 6.07 Å². The Labute approximate surface area is 181 Å². The molecule has 0 unspecified atom stereocenters. The Morgan fingerprint density at radius 1 is 0.903 bits per heavy atom. The van der Waals surface area contributed by atoms with E-state index in [0.29, 0.717) is 38.0 Å². The number of halogens is 4. The van der Waals surface area contributed by atoms with Gasteiger partial charge in [0.1, 0.15) is 5.82 Å². The average Bonchev–Trinajstić information content (AvgIpc) is 3.15. The van der Waals surface area contributed by atoms with Crippen molar-refractivity contribution < 1.29 is 27.2 Å². The predicted octanol–water partition coefficient (Wildman–Crippen LogP) is 4.67. The van der Waals surface area contributed by atoms with Gasteiger partial charge < -0.3 is 9.80 Å². The van der Waals surface area contributed by atoms with Gasteiger partial charge in [-0.2, -0.15) is 13.2 Å². The van der Waals surface area contributed by atoms with Crippen molar-refractivity contribution in [1.82, 2.24) is 9.80 Å². The lowest BCUT2D eigenvalue weighted by Gasteiger charge is -2.44. The van der Waals surface area contributed by atoms with E-state index in [9.17, 15) is 27.2 Å². The third-order valence-corrected chi connectivity index (χ3v) is 7.34. The van der Waals surface area contributed by atoms with E-state index in [1.54, 1.807) is 27.6 Å². The van der Waals surface area contributed by atoms with Crippen molar-refractivity contribution in [2.75, 3.05) is 25.4 Å². The standard InChI is InChI=1S/C22H20F4N2O2S/c23-18-3-1-2-16(14-18)20(30)28-12-13-31-21(28)8-10-27(11-9-21)19(29)15-4-6-17(7-5-15)22(24,25)26/h1-7,14H,8-13H2. The number of carbonyl (C=O) groups excluding carboxylic acids is 2. The summed E-state index contributed by atoms with van der Waals surface area (Å²) in [5.41, 5.74) is -0.295. The van der Waals surface area contributed by atoms with Crippen LogP contribution in [0, 0.1) is 5.82 Å². The van der Waals surface area contributed by atoms with Crippen LogP contribution in [0.3, 0.4) is 0 Å². The third-order valence-electron chi connectivity index (χ3n) is 5.79. The lowest BCUT2D eigenvalue weighted by atomic mass is 10.00. The van der Waals surface area contributed by atoms with Crippen LogP contribution in [0.5, 0.6) is 0 Å². The van der Waals surface area contributed by atoms with Crippen molar-refractivity contribution in [2.45, 2.75) is 23.9 Å². The molecule has 0 aromatic heterocycles. The van der Waals surface area contributed by atoms with Crippen LogP contribution in [0.25, 0.3) is 0 Å². The quantitative estimate of drug-likeness (QED) is 0.622. The monoisotopic (exact) mass is 452 g/mol. The number of hydrogen-bond acceptors (Lipinski definition) is 3. The summed E-state index contributed by atoms with van der Waals surface area (Å²) in [6.07, 6.45) is -3.35. The number of thioether (sulfide) groups is 1. The van der Waals surface area contributed by atoms with E-state index in [4.69, 9.17) is 0 Å². The Bertz CT molecular complexity index is 986. The average molecular weight is 452 g/mol. The van der Waals surface area contributed by atoms with Gasteiger partial charge in [0.05, 0.1) is 10.4 Å². The van der Waals surface area contributed by atoms with Gasteiger partial charge in [0.25, 0.3) is 11.8 Å². The Morgan fingerprint density at radius 2 is 1.58 bits per heavy atom. The smallest absolute Gasteiger partial charge is 0.338 e. The molecule has 2 aliphatic heterocycles. The Kier molecular flexibility index (Phi) is 5.72. The fourth-order valence-corrected chi connectivity index (χ4v) is 5.59. The van der Waals surface area contributed by atoms with Gasteiger partial charge in [-0.3, -0.25) is 9.59 Å². The largest absolute Gasteiger partial charge is 0.416 e.